The molecule has 0 saturated carbocycles. The molecule has 2 unspecified atom stereocenters. The molecule has 0 radical (unpaired) electrons. The van der Waals surface area contributed by atoms with Gasteiger partial charge in [0, 0.05) is 63.8 Å². The Morgan fingerprint density at radius 1 is 1.20 bits per heavy atom. The first kappa shape index (κ1) is 38.7. The van der Waals surface area contributed by atoms with Crippen LogP contribution in [0.3, 0.4) is 0 Å². The molecule has 4 aromatic heterocycles. The fourth-order valence-corrected chi connectivity index (χ4v) is 8.15. The van der Waals surface area contributed by atoms with Gasteiger partial charge in [0.25, 0.3) is 0 Å². The van der Waals surface area contributed by atoms with Crippen molar-refractivity contribution in [3.63, 3.8) is 0 Å². The number of anilines is 2. The van der Waals surface area contributed by atoms with Gasteiger partial charge in [0.15, 0.2) is 22.7 Å². The van der Waals surface area contributed by atoms with E-state index in [4.69, 9.17) is 9.72 Å². The minimum Gasteiger partial charge on any atom is -0.485 e. The molecule has 1 saturated heterocycles. The van der Waals surface area contributed by atoms with Crippen LogP contribution < -0.4 is 20.9 Å². The van der Waals surface area contributed by atoms with E-state index in [1.807, 2.05) is 43.9 Å². The summed E-state index contributed by atoms with van der Waals surface area (Å²) in [7, 11) is 2.28. The summed E-state index contributed by atoms with van der Waals surface area (Å²) >= 11 is 0. The van der Waals surface area contributed by atoms with Gasteiger partial charge in [-0.05, 0) is 76.0 Å². The summed E-state index contributed by atoms with van der Waals surface area (Å²) in [4.78, 5) is 17.0. The molecule has 0 bridgehead atoms. The molecule has 54 heavy (non-hydrogen) atoms. The maximum absolute atomic E-state index is 15.4. The van der Waals surface area contributed by atoms with E-state index < -0.39 is 16.8 Å². The molecule has 2 atom stereocenters. The molecule has 6 rings (SSSR count). The number of aromatic nitrogens is 7. The fraction of sp³-hybridized carbons (Fsp3) is 0.459. The summed E-state index contributed by atoms with van der Waals surface area (Å²) < 4.78 is 40.4. The van der Waals surface area contributed by atoms with Gasteiger partial charge in [-0.15, -0.1) is 0 Å². The molecule has 0 aliphatic carbocycles. The number of fused-ring (bicyclic) bond motifs is 1. The van der Waals surface area contributed by atoms with Gasteiger partial charge in [-0.2, -0.15) is 15.3 Å². The van der Waals surface area contributed by atoms with E-state index in [-0.39, 0.29) is 24.4 Å². The molecule has 0 spiro atoms. The van der Waals surface area contributed by atoms with E-state index >= 15 is 4.39 Å². The van der Waals surface area contributed by atoms with Crippen LogP contribution in [-0.4, -0.2) is 107 Å². The molecule has 3 N–H and O–H groups in total. The lowest BCUT2D eigenvalue weighted by atomic mass is 9.92. The van der Waals surface area contributed by atoms with Gasteiger partial charge in [-0.3, -0.25) is 5.10 Å². The van der Waals surface area contributed by atoms with E-state index in [0.29, 0.717) is 46.4 Å². The lowest BCUT2D eigenvalue weighted by Crippen LogP contribution is -2.40. The molecular formula is C37H50FN13O2S. The first-order chi connectivity index (χ1) is 26.1. The highest BCUT2D eigenvalue weighted by Gasteiger charge is 2.25. The Morgan fingerprint density at radius 3 is 2.67 bits per heavy atom. The monoisotopic (exact) mass is 759 g/mol. The van der Waals surface area contributed by atoms with Gasteiger partial charge in [-0.25, -0.2) is 37.2 Å². The van der Waals surface area contributed by atoms with Crippen LogP contribution in [0.2, 0.25) is 0 Å². The van der Waals surface area contributed by atoms with Crippen molar-refractivity contribution < 1.29 is 13.3 Å². The minimum atomic E-state index is -1.53. The minimum absolute atomic E-state index is 0.00165. The lowest BCUT2D eigenvalue weighted by molar-refractivity contribution is 0.177. The number of likely N-dealkylation sites (tertiary alicyclic amines) is 1. The van der Waals surface area contributed by atoms with Gasteiger partial charge in [0.2, 0.25) is 0 Å². The summed E-state index contributed by atoms with van der Waals surface area (Å²) in [6.45, 7) is 15.6. The zero-order valence-corrected chi connectivity index (χ0v) is 32.6. The summed E-state index contributed by atoms with van der Waals surface area (Å²) in [6, 6.07) is 8.87. The predicted octanol–water partition coefficient (Wildman–Crippen LogP) is 4.82. The SMILES string of the molecule is C=Nn1cnc(-c2cn[nH]c2)c(OC(C)C)/c1=N/CNc1ccc(S(=O)N(CC)CC(C)CN2CCC(c3ccc4c(NC)nn(C)c4n3)CC2)cc1F. The van der Waals surface area contributed by atoms with Crippen LogP contribution in [0.1, 0.15) is 52.1 Å². The van der Waals surface area contributed by atoms with Crippen LogP contribution in [0.15, 0.2) is 64.0 Å². The molecule has 5 aromatic rings. The first-order valence-corrected chi connectivity index (χ1v) is 19.4. The van der Waals surface area contributed by atoms with Crippen molar-refractivity contribution in [3.8, 4) is 17.0 Å². The first-order valence-electron chi connectivity index (χ1n) is 18.3. The number of hydrogen-bond donors (Lipinski definition) is 3. The van der Waals surface area contributed by atoms with E-state index in [0.717, 1.165) is 55.0 Å². The van der Waals surface area contributed by atoms with Gasteiger partial charge in [0.05, 0.1) is 28.3 Å². The van der Waals surface area contributed by atoms with Crippen molar-refractivity contribution in [1.29, 1.82) is 0 Å². The Labute approximate surface area is 317 Å². The number of piperidine rings is 1. The fourth-order valence-electron chi connectivity index (χ4n) is 6.84. The molecule has 1 fully saturated rings. The highest BCUT2D eigenvalue weighted by molar-refractivity contribution is 7.82. The molecule has 15 nitrogen and oxygen atoms in total. The molecular weight excluding hydrogens is 710 g/mol. The average molecular weight is 760 g/mol. The summed E-state index contributed by atoms with van der Waals surface area (Å²) in [5, 5.41) is 22.5. The molecule has 288 valence electrons. The predicted molar refractivity (Wildman–Crippen MR) is 210 cm³/mol. The van der Waals surface area contributed by atoms with E-state index in [2.05, 4.69) is 71.7 Å². The molecule has 17 heteroatoms. The van der Waals surface area contributed by atoms with Gasteiger partial charge >= 0.3 is 0 Å². The van der Waals surface area contributed by atoms with E-state index in [9.17, 15) is 4.21 Å². The van der Waals surface area contributed by atoms with Crippen LogP contribution >= 0.6 is 0 Å². The summed E-state index contributed by atoms with van der Waals surface area (Å²) in [6.07, 6.45) is 6.71. The topological polar surface area (TPSA) is 159 Å². The van der Waals surface area contributed by atoms with Crippen molar-refractivity contribution in [1.82, 2.24) is 43.8 Å². The maximum atomic E-state index is 15.4. The number of hydrogen-bond acceptors (Lipinski definition) is 11. The Balaban J connectivity index is 1.05. The van der Waals surface area contributed by atoms with Crippen molar-refractivity contribution in [2.45, 2.75) is 57.5 Å². The Hall–Kier alpha value is -5.00. The highest BCUT2D eigenvalue weighted by atomic mass is 32.2. The zero-order valence-electron chi connectivity index (χ0n) is 31.8. The number of nitrogens with one attached hydrogen (secondary N) is 3. The highest BCUT2D eigenvalue weighted by Crippen LogP contribution is 2.30. The Bertz CT molecular complexity index is 2140. The second-order valence-corrected chi connectivity index (χ2v) is 15.2. The van der Waals surface area contributed by atoms with E-state index in [1.165, 1.54) is 17.1 Å². The summed E-state index contributed by atoms with van der Waals surface area (Å²) in [5.74, 6) is 1.38. The normalized spacial score (nSPS) is 15.6. The van der Waals surface area contributed by atoms with Gasteiger partial charge in [-0.1, -0.05) is 13.8 Å². The van der Waals surface area contributed by atoms with Crippen LogP contribution in [-0.2, 0) is 18.0 Å². The second kappa shape index (κ2) is 17.4. The number of rotatable bonds is 16. The van der Waals surface area contributed by atoms with Crippen LogP contribution in [0, 0.1) is 11.7 Å². The lowest BCUT2D eigenvalue weighted by Gasteiger charge is -2.34. The van der Waals surface area contributed by atoms with Crippen LogP contribution in [0.4, 0.5) is 15.9 Å². The molecule has 1 aliphatic heterocycles. The molecule has 1 aromatic carbocycles. The zero-order chi connectivity index (χ0) is 38.4. The molecule has 1 aliphatic rings. The number of aryl methyl sites for hydroxylation is 1. The number of ether oxygens (including phenoxy) is 1. The number of pyridine rings is 1. The van der Waals surface area contributed by atoms with Crippen molar-refractivity contribution >= 4 is 40.2 Å². The number of H-pyrrole nitrogens is 1. The smallest absolute Gasteiger partial charge is 0.197 e. The number of aromatic amines is 1. The number of benzene rings is 1. The Kier molecular flexibility index (Phi) is 12.5. The maximum Gasteiger partial charge on any atom is 0.197 e. The van der Waals surface area contributed by atoms with Crippen LogP contribution in [0.25, 0.3) is 22.3 Å². The molecule has 5 heterocycles. The third kappa shape index (κ3) is 8.69. The molecule has 0 amide bonds. The third-order valence-electron chi connectivity index (χ3n) is 9.47. The Morgan fingerprint density at radius 2 is 2.00 bits per heavy atom. The van der Waals surface area contributed by atoms with Crippen molar-refractivity contribution in [2.24, 2.45) is 23.1 Å². The quantitative estimate of drug-likeness (QED) is 0.120. The summed E-state index contributed by atoms with van der Waals surface area (Å²) in [5.41, 5.74) is 3.85. The van der Waals surface area contributed by atoms with Gasteiger partial charge in [0.1, 0.15) is 35.5 Å². The van der Waals surface area contributed by atoms with E-state index in [1.54, 1.807) is 24.5 Å². The van der Waals surface area contributed by atoms with Crippen LogP contribution in [0.5, 0.6) is 5.75 Å². The second-order valence-electron chi connectivity index (χ2n) is 13.8. The number of nitrogens with zero attached hydrogens (tertiary/aromatic N) is 10. The largest absolute Gasteiger partial charge is 0.485 e. The van der Waals surface area contributed by atoms with Crippen molar-refractivity contribution in [3.05, 3.63) is 66.1 Å². The average Bonchev–Trinajstić information content (AvgIpc) is 3.82. The standard InChI is InChI=1S/C37H50FN13O2S/c1-8-50(21-25(4)20-49-15-13-26(14-16-49)31-12-10-29-35(39-5)47-48(7)36(29)46-31)54(52)28-9-11-32(30(38)17-28)41-22-42-37-34(53-24(2)3)33(27-18-44-45-19-27)43-23-51(37)40-6/h9-12,17-19,23-26,41H,6,8,13-16,20-22H2,1-5,7H3,(H,39,47)(H,44,45)/b42-37-. The van der Waals surface area contributed by atoms with Gasteiger partial charge < -0.3 is 20.3 Å². The number of halogens is 1. The van der Waals surface area contributed by atoms with Crippen molar-refractivity contribution in [2.75, 3.05) is 57.1 Å². The third-order valence-corrected chi connectivity index (χ3v) is 11.0.